The zero-order valence-electron chi connectivity index (χ0n) is 20.1. The average molecular weight is 479 g/mol. The Hall–Kier alpha value is -1.32. The van der Waals surface area contributed by atoms with E-state index in [1.54, 1.807) is 0 Å². The normalized spacial score (nSPS) is 54.3. The third-order valence-corrected chi connectivity index (χ3v) is 10.6. The Morgan fingerprint density at radius 2 is 1.91 bits per heavy atom. The molecule has 12 atom stereocenters. The van der Waals surface area contributed by atoms with Crippen LogP contribution in [0.15, 0.2) is 12.2 Å². The third kappa shape index (κ3) is 3.08. The Balaban J connectivity index is 1.47. The van der Waals surface area contributed by atoms with Gasteiger partial charge in [-0.2, -0.15) is 0 Å². The molecular formula is C26H38O8. The van der Waals surface area contributed by atoms with Crippen molar-refractivity contribution < 1.29 is 39.5 Å². The van der Waals surface area contributed by atoms with Crippen molar-refractivity contribution in [2.24, 2.45) is 39.9 Å². The highest BCUT2D eigenvalue weighted by Gasteiger charge is 2.73. The molecule has 0 aromatic carbocycles. The molecule has 1 spiro atoms. The number of carbonyl (C=O) groups excluding carboxylic acids is 2. The number of aldehydes is 1. The number of rotatable bonds is 4. The maximum absolute atomic E-state index is 13.8. The van der Waals surface area contributed by atoms with Crippen LogP contribution >= 0.6 is 0 Å². The first-order chi connectivity index (χ1) is 16.0. The molecule has 8 heteroatoms. The van der Waals surface area contributed by atoms with Gasteiger partial charge >= 0.3 is 5.97 Å². The number of fused-ring (bicyclic) bond motifs is 3. The van der Waals surface area contributed by atoms with Crippen molar-refractivity contribution in [3.63, 3.8) is 0 Å². The molecule has 34 heavy (non-hydrogen) atoms. The van der Waals surface area contributed by atoms with Gasteiger partial charge in [0.15, 0.2) is 0 Å². The molecule has 2 bridgehead atoms. The first-order valence-electron chi connectivity index (χ1n) is 12.7. The quantitative estimate of drug-likeness (QED) is 0.270. The van der Waals surface area contributed by atoms with Crippen molar-refractivity contribution in [2.45, 2.75) is 89.5 Å². The number of carbonyl (C=O) groups is 2. The minimum absolute atomic E-state index is 0.157. The van der Waals surface area contributed by atoms with Gasteiger partial charge in [-0.05, 0) is 74.0 Å². The Morgan fingerprint density at radius 3 is 2.59 bits per heavy atom. The summed E-state index contributed by atoms with van der Waals surface area (Å²) < 4.78 is 11.1. The highest BCUT2D eigenvalue weighted by molar-refractivity contribution is 5.79. The van der Waals surface area contributed by atoms with Gasteiger partial charge in [0.05, 0.1) is 12.0 Å². The van der Waals surface area contributed by atoms with E-state index in [1.807, 2.05) is 6.92 Å². The Kier molecular flexibility index (Phi) is 5.81. The molecule has 1 saturated heterocycles. The van der Waals surface area contributed by atoms with Gasteiger partial charge in [0.25, 0.3) is 0 Å². The van der Waals surface area contributed by atoms with Crippen LogP contribution in [0.1, 0.15) is 58.8 Å². The maximum atomic E-state index is 13.8. The summed E-state index contributed by atoms with van der Waals surface area (Å²) in [4.78, 5) is 26.5. The van der Waals surface area contributed by atoms with Crippen LogP contribution in [0.3, 0.4) is 0 Å². The van der Waals surface area contributed by atoms with Gasteiger partial charge in [0, 0.05) is 5.92 Å². The zero-order valence-corrected chi connectivity index (χ0v) is 20.1. The first-order valence-corrected chi connectivity index (χ1v) is 12.7. The highest BCUT2D eigenvalue weighted by Crippen LogP contribution is 2.77. The van der Waals surface area contributed by atoms with Crippen LogP contribution in [0.4, 0.5) is 0 Å². The second kappa shape index (κ2) is 8.10. The van der Waals surface area contributed by atoms with Gasteiger partial charge in [-0.3, -0.25) is 4.79 Å². The number of aliphatic hydroxyl groups excluding tert-OH is 4. The van der Waals surface area contributed by atoms with Crippen molar-refractivity contribution in [1.82, 2.24) is 0 Å². The van der Waals surface area contributed by atoms with Gasteiger partial charge in [0.1, 0.15) is 30.7 Å². The smallest absolute Gasteiger partial charge is 0.314 e. The SMILES string of the molecule is C=C1C[C@@]23C[C@H]1CC[C@H]2[C@]1(C)CCC[C@@](C)(C(=O)O[C@@H]2O[C@H](CO)[C@@H](O)[C@H](O)[C@H]2O)[C@H]1[C@@H]3C=O. The van der Waals surface area contributed by atoms with Gasteiger partial charge in [-0.25, -0.2) is 0 Å². The van der Waals surface area contributed by atoms with Gasteiger partial charge < -0.3 is 34.7 Å². The molecule has 1 heterocycles. The molecule has 5 rings (SSSR count). The predicted octanol–water partition coefficient (Wildman–Crippen LogP) is 1.33. The summed E-state index contributed by atoms with van der Waals surface area (Å²) in [7, 11) is 0. The van der Waals surface area contributed by atoms with Crippen LogP contribution < -0.4 is 0 Å². The fraction of sp³-hybridized carbons (Fsp3) is 0.846. The molecule has 4 aliphatic carbocycles. The first kappa shape index (κ1) is 24.4. The van der Waals surface area contributed by atoms with Crippen LogP contribution in [-0.2, 0) is 19.1 Å². The summed E-state index contributed by atoms with van der Waals surface area (Å²) in [5.74, 6) is -0.260. The maximum Gasteiger partial charge on any atom is 0.314 e. The van der Waals surface area contributed by atoms with Crippen molar-refractivity contribution in [3.05, 3.63) is 12.2 Å². The molecule has 4 saturated carbocycles. The van der Waals surface area contributed by atoms with Gasteiger partial charge in [-0.1, -0.05) is 25.5 Å². The molecular weight excluding hydrogens is 440 g/mol. The van der Waals surface area contributed by atoms with E-state index < -0.39 is 48.7 Å². The van der Waals surface area contributed by atoms with Crippen molar-refractivity contribution in [1.29, 1.82) is 0 Å². The summed E-state index contributed by atoms with van der Waals surface area (Å²) in [5.41, 5.74) is -0.0797. The van der Waals surface area contributed by atoms with Crippen molar-refractivity contribution >= 4 is 12.3 Å². The molecule has 5 aliphatic rings. The number of hydrogen-bond acceptors (Lipinski definition) is 8. The van der Waals surface area contributed by atoms with Crippen LogP contribution in [0.2, 0.25) is 0 Å². The summed E-state index contributed by atoms with van der Waals surface area (Å²) in [5, 5.41) is 40.1. The molecule has 0 radical (unpaired) electrons. The zero-order chi connectivity index (χ0) is 24.6. The molecule has 0 unspecified atom stereocenters. The fourth-order valence-corrected chi connectivity index (χ4v) is 9.19. The van der Waals surface area contributed by atoms with E-state index in [2.05, 4.69) is 13.5 Å². The van der Waals surface area contributed by atoms with Crippen LogP contribution in [0.25, 0.3) is 0 Å². The molecule has 8 nitrogen and oxygen atoms in total. The molecule has 0 amide bonds. The monoisotopic (exact) mass is 478 g/mol. The summed E-state index contributed by atoms with van der Waals surface area (Å²) in [6.45, 7) is 7.84. The topological polar surface area (TPSA) is 134 Å². The largest absolute Gasteiger partial charge is 0.432 e. The standard InChI is InChI=1S/C26H38O8/c1-13-9-26-10-14(13)5-6-17(26)24(2)7-4-8-25(3,21(24)15(26)11-27)23(32)34-22-20(31)19(30)18(29)16(12-28)33-22/h11,14-22,28-31H,1,4-10,12H2,2-3H3/t14-,15+,16-,17+,18-,19+,20-,21+,22+,24+,25-,26+/m1/s1. The number of ether oxygens (including phenoxy) is 2. The fourth-order valence-electron chi connectivity index (χ4n) is 9.19. The Bertz CT molecular complexity index is 873. The number of hydrogen-bond donors (Lipinski definition) is 4. The van der Waals surface area contributed by atoms with E-state index >= 15 is 0 Å². The Morgan fingerprint density at radius 1 is 1.18 bits per heavy atom. The minimum atomic E-state index is -1.65. The van der Waals surface area contributed by atoms with E-state index in [9.17, 15) is 30.0 Å². The summed E-state index contributed by atoms with van der Waals surface area (Å²) in [6, 6.07) is 0. The molecule has 190 valence electrons. The van der Waals surface area contributed by atoms with Crippen LogP contribution in [-0.4, -0.2) is 70.0 Å². The minimum Gasteiger partial charge on any atom is -0.432 e. The summed E-state index contributed by atoms with van der Waals surface area (Å²) >= 11 is 0. The number of aliphatic hydroxyl groups is 4. The number of allylic oxidation sites excluding steroid dienone is 1. The molecule has 1 aliphatic heterocycles. The second-order valence-electron chi connectivity index (χ2n) is 12.1. The van der Waals surface area contributed by atoms with Crippen molar-refractivity contribution in [3.8, 4) is 0 Å². The molecule has 4 N–H and O–H groups in total. The van der Waals surface area contributed by atoms with E-state index in [4.69, 9.17) is 9.47 Å². The van der Waals surface area contributed by atoms with Crippen LogP contribution in [0, 0.1) is 39.9 Å². The van der Waals surface area contributed by atoms with E-state index in [-0.39, 0.29) is 22.7 Å². The lowest BCUT2D eigenvalue weighted by Gasteiger charge is -2.51. The third-order valence-electron chi connectivity index (χ3n) is 10.6. The van der Waals surface area contributed by atoms with E-state index in [1.165, 1.54) is 5.57 Å². The van der Waals surface area contributed by atoms with Crippen LogP contribution in [0.5, 0.6) is 0 Å². The Labute approximate surface area is 200 Å². The molecule has 0 aromatic rings. The lowest BCUT2D eigenvalue weighted by atomic mass is 9.53. The summed E-state index contributed by atoms with van der Waals surface area (Å²) in [6.07, 6.45) is -0.109. The number of esters is 1. The highest BCUT2D eigenvalue weighted by atomic mass is 16.7. The second-order valence-corrected chi connectivity index (χ2v) is 12.1. The van der Waals surface area contributed by atoms with Gasteiger partial charge in [-0.15, -0.1) is 0 Å². The van der Waals surface area contributed by atoms with Gasteiger partial charge in [0.2, 0.25) is 6.29 Å². The lowest BCUT2D eigenvalue weighted by Crippen LogP contribution is -2.60. The van der Waals surface area contributed by atoms with E-state index in [0.717, 1.165) is 44.8 Å². The van der Waals surface area contributed by atoms with Crippen molar-refractivity contribution in [2.75, 3.05) is 6.61 Å². The molecule has 5 fully saturated rings. The average Bonchev–Trinajstić information content (AvgIpc) is 3.19. The lowest BCUT2D eigenvalue weighted by molar-refractivity contribution is -0.297. The molecule has 0 aromatic heterocycles. The van der Waals surface area contributed by atoms with E-state index in [0.29, 0.717) is 18.3 Å². The predicted molar refractivity (Wildman–Crippen MR) is 120 cm³/mol.